The largest absolute Gasteiger partial charge is 0.465 e. The molecule has 0 amide bonds. The molecule has 98 valence electrons. The van der Waals surface area contributed by atoms with Crippen molar-refractivity contribution in [2.75, 3.05) is 25.6 Å². The Morgan fingerprint density at radius 1 is 1.35 bits per heavy atom. The van der Waals surface area contributed by atoms with E-state index in [-0.39, 0.29) is 17.8 Å². The second kappa shape index (κ2) is 3.95. The molecule has 0 N–H and O–H groups in total. The van der Waals surface area contributed by atoms with Gasteiger partial charge in [-0.05, 0) is 19.8 Å². The van der Waals surface area contributed by atoms with Crippen LogP contribution in [-0.2, 0) is 24.1 Å². The van der Waals surface area contributed by atoms with Gasteiger partial charge in [-0.3, -0.25) is 4.79 Å². The normalized spacial score (nSPS) is 24.8. The Hall–Kier alpha value is -0.620. The van der Waals surface area contributed by atoms with Crippen LogP contribution in [0.4, 0.5) is 0 Å². The van der Waals surface area contributed by atoms with E-state index in [9.17, 15) is 13.2 Å². The second-order valence-electron chi connectivity index (χ2n) is 5.28. The average molecular weight is 262 g/mol. The van der Waals surface area contributed by atoms with Gasteiger partial charge in [-0.1, -0.05) is 6.92 Å². The van der Waals surface area contributed by atoms with Crippen LogP contribution in [0, 0.1) is 5.41 Å². The molecule has 1 saturated carbocycles. The SMILES string of the molecule is CCOC(=O)C1(S(=O)(=O)CC2(C)COC2)CC1. The van der Waals surface area contributed by atoms with Gasteiger partial charge in [0, 0.05) is 5.41 Å². The van der Waals surface area contributed by atoms with Gasteiger partial charge in [-0.25, -0.2) is 8.42 Å². The van der Waals surface area contributed by atoms with Crippen LogP contribution in [0.2, 0.25) is 0 Å². The number of carbonyl (C=O) groups is 1. The quantitative estimate of drug-likeness (QED) is 0.676. The van der Waals surface area contributed by atoms with Crippen molar-refractivity contribution in [3.63, 3.8) is 0 Å². The molecule has 0 aromatic heterocycles. The number of ether oxygens (including phenoxy) is 2. The predicted molar refractivity (Wildman–Crippen MR) is 61.3 cm³/mol. The summed E-state index contributed by atoms with van der Waals surface area (Å²) in [4.78, 5) is 11.7. The average Bonchev–Trinajstić information content (AvgIpc) is 2.95. The lowest BCUT2D eigenvalue weighted by Gasteiger charge is -2.38. The topological polar surface area (TPSA) is 69.7 Å². The Morgan fingerprint density at radius 3 is 2.29 bits per heavy atom. The van der Waals surface area contributed by atoms with E-state index in [0.717, 1.165) is 0 Å². The molecule has 0 aromatic rings. The molecular formula is C11H18O5S. The van der Waals surface area contributed by atoms with Gasteiger partial charge in [0.2, 0.25) is 0 Å². The minimum atomic E-state index is -3.44. The van der Waals surface area contributed by atoms with Gasteiger partial charge in [0.15, 0.2) is 14.6 Å². The lowest BCUT2D eigenvalue weighted by atomic mass is 9.92. The van der Waals surface area contributed by atoms with Crippen LogP contribution in [0.5, 0.6) is 0 Å². The van der Waals surface area contributed by atoms with Gasteiger partial charge in [0.05, 0.1) is 25.6 Å². The van der Waals surface area contributed by atoms with Crippen molar-refractivity contribution in [2.24, 2.45) is 5.41 Å². The van der Waals surface area contributed by atoms with Crippen molar-refractivity contribution in [3.05, 3.63) is 0 Å². The molecule has 0 spiro atoms. The maximum Gasteiger partial charge on any atom is 0.327 e. The maximum atomic E-state index is 12.3. The van der Waals surface area contributed by atoms with Crippen LogP contribution in [0.15, 0.2) is 0 Å². The number of rotatable bonds is 5. The summed E-state index contributed by atoms with van der Waals surface area (Å²) >= 11 is 0. The second-order valence-corrected chi connectivity index (χ2v) is 7.58. The van der Waals surface area contributed by atoms with Crippen molar-refractivity contribution < 1.29 is 22.7 Å². The van der Waals surface area contributed by atoms with Gasteiger partial charge in [-0.2, -0.15) is 0 Å². The van der Waals surface area contributed by atoms with Crippen LogP contribution in [-0.4, -0.2) is 44.7 Å². The van der Waals surface area contributed by atoms with E-state index in [1.165, 1.54) is 0 Å². The van der Waals surface area contributed by atoms with E-state index in [1.807, 2.05) is 6.92 Å². The third-order valence-corrected chi connectivity index (χ3v) is 6.23. The molecule has 2 fully saturated rings. The first-order valence-electron chi connectivity index (χ1n) is 5.83. The van der Waals surface area contributed by atoms with Crippen molar-refractivity contribution in [1.29, 1.82) is 0 Å². The Kier molecular flexibility index (Phi) is 2.98. The van der Waals surface area contributed by atoms with Gasteiger partial charge in [0.1, 0.15) is 0 Å². The first-order valence-corrected chi connectivity index (χ1v) is 7.48. The molecule has 0 radical (unpaired) electrons. The van der Waals surface area contributed by atoms with E-state index in [2.05, 4.69) is 0 Å². The highest BCUT2D eigenvalue weighted by molar-refractivity contribution is 7.93. The summed E-state index contributed by atoms with van der Waals surface area (Å²) in [7, 11) is -3.44. The summed E-state index contributed by atoms with van der Waals surface area (Å²) in [5.74, 6) is -0.567. The smallest absolute Gasteiger partial charge is 0.327 e. The van der Waals surface area contributed by atoms with E-state index in [0.29, 0.717) is 26.1 Å². The van der Waals surface area contributed by atoms with Crippen molar-refractivity contribution in [2.45, 2.75) is 31.4 Å². The molecule has 2 rings (SSSR count). The first kappa shape index (κ1) is 12.8. The maximum absolute atomic E-state index is 12.3. The summed E-state index contributed by atoms with van der Waals surface area (Å²) in [6.07, 6.45) is 0.788. The van der Waals surface area contributed by atoms with Crippen LogP contribution in [0.3, 0.4) is 0 Å². The fourth-order valence-corrected chi connectivity index (χ4v) is 4.55. The number of carbonyl (C=O) groups excluding carboxylic acids is 1. The molecule has 6 heteroatoms. The lowest BCUT2D eigenvalue weighted by molar-refractivity contribution is -0.143. The monoisotopic (exact) mass is 262 g/mol. The highest BCUT2D eigenvalue weighted by atomic mass is 32.2. The molecule has 1 aliphatic carbocycles. The molecule has 1 saturated heterocycles. The van der Waals surface area contributed by atoms with Crippen molar-refractivity contribution in [1.82, 2.24) is 0 Å². The highest BCUT2D eigenvalue weighted by Crippen LogP contribution is 2.47. The Bertz CT molecular complexity index is 417. The number of hydrogen-bond acceptors (Lipinski definition) is 5. The Labute approximate surface area is 101 Å². The minimum Gasteiger partial charge on any atom is -0.465 e. The van der Waals surface area contributed by atoms with Gasteiger partial charge in [0.25, 0.3) is 0 Å². The molecule has 2 aliphatic rings. The molecule has 17 heavy (non-hydrogen) atoms. The summed E-state index contributed by atoms with van der Waals surface area (Å²) in [6.45, 7) is 4.67. The van der Waals surface area contributed by atoms with Crippen LogP contribution in [0.1, 0.15) is 26.7 Å². The number of sulfone groups is 1. The molecule has 0 unspecified atom stereocenters. The minimum absolute atomic E-state index is 0.0127. The van der Waals surface area contributed by atoms with Crippen molar-refractivity contribution in [3.8, 4) is 0 Å². The van der Waals surface area contributed by atoms with Gasteiger partial charge >= 0.3 is 5.97 Å². The molecule has 0 aromatic carbocycles. The first-order chi connectivity index (χ1) is 7.85. The zero-order valence-corrected chi connectivity index (χ0v) is 11.0. The van der Waals surface area contributed by atoms with Crippen LogP contribution >= 0.6 is 0 Å². The molecule has 5 nitrogen and oxygen atoms in total. The van der Waals surface area contributed by atoms with E-state index in [1.54, 1.807) is 6.92 Å². The third kappa shape index (κ3) is 2.08. The predicted octanol–water partition coefficient (Wildman–Crippen LogP) is 0.533. The van der Waals surface area contributed by atoms with Crippen LogP contribution in [0.25, 0.3) is 0 Å². The Morgan fingerprint density at radius 2 is 1.94 bits per heavy atom. The summed E-state index contributed by atoms with van der Waals surface area (Å²) in [5.41, 5.74) is -0.332. The standard InChI is InChI=1S/C11H18O5S/c1-3-16-9(12)11(4-5-11)17(13,14)8-10(2)6-15-7-10/h3-8H2,1-2H3. The number of esters is 1. The van der Waals surface area contributed by atoms with Crippen molar-refractivity contribution >= 4 is 15.8 Å². The van der Waals surface area contributed by atoms with E-state index < -0.39 is 20.6 Å². The van der Waals surface area contributed by atoms with Gasteiger partial charge in [-0.15, -0.1) is 0 Å². The molecule has 0 bridgehead atoms. The fourth-order valence-electron chi connectivity index (χ4n) is 2.15. The summed E-state index contributed by atoms with van der Waals surface area (Å²) < 4.78 is 33.2. The summed E-state index contributed by atoms with van der Waals surface area (Å²) in [5, 5.41) is 0. The lowest BCUT2D eigenvalue weighted by Crippen LogP contribution is -2.49. The zero-order valence-electron chi connectivity index (χ0n) is 10.2. The van der Waals surface area contributed by atoms with E-state index in [4.69, 9.17) is 9.47 Å². The fraction of sp³-hybridized carbons (Fsp3) is 0.909. The third-order valence-electron chi connectivity index (χ3n) is 3.39. The van der Waals surface area contributed by atoms with Crippen LogP contribution < -0.4 is 0 Å². The molecular weight excluding hydrogens is 244 g/mol. The zero-order chi connectivity index (χ0) is 12.7. The molecule has 1 heterocycles. The Balaban J connectivity index is 2.12. The molecule has 0 atom stereocenters. The summed E-state index contributed by atoms with van der Waals surface area (Å²) in [6, 6.07) is 0. The molecule has 1 aliphatic heterocycles. The number of hydrogen-bond donors (Lipinski definition) is 0. The van der Waals surface area contributed by atoms with Gasteiger partial charge < -0.3 is 9.47 Å². The highest BCUT2D eigenvalue weighted by Gasteiger charge is 2.63. The van der Waals surface area contributed by atoms with E-state index >= 15 is 0 Å².